The van der Waals surface area contributed by atoms with Crippen LogP contribution in [0.15, 0.2) is 36.4 Å². The van der Waals surface area contributed by atoms with E-state index >= 15 is 0 Å². The molecule has 0 bridgehead atoms. The Labute approximate surface area is 119 Å². The number of carboxylic acid groups (broad SMARTS) is 1. The van der Waals surface area contributed by atoms with Gasteiger partial charge in [-0.2, -0.15) is 5.10 Å². The topological polar surface area (TPSA) is 55.1 Å². The lowest BCUT2D eigenvalue weighted by molar-refractivity contribution is -0.144. The monoisotopic (exact) mass is 272 g/mol. The average molecular weight is 272 g/mol. The first-order valence-corrected chi connectivity index (χ1v) is 6.78. The van der Waals surface area contributed by atoms with Crippen molar-refractivity contribution in [3.63, 3.8) is 0 Å². The van der Waals surface area contributed by atoms with E-state index < -0.39 is 11.4 Å². The summed E-state index contributed by atoms with van der Waals surface area (Å²) in [5, 5.41) is 14.1. The summed E-state index contributed by atoms with van der Waals surface area (Å²) in [5.41, 5.74) is 1.79. The van der Waals surface area contributed by atoms with Crippen LogP contribution in [0.4, 0.5) is 0 Å². The molecule has 1 aromatic heterocycles. The molecule has 20 heavy (non-hydrogen) atoms. The molecular formula is C16H20N2O2. The minimum Gasteiger partial charge on any atom is -0.481 e. The molecule has 106 valence electrons. The van der Waals surface area contributed by atoms with Crippen LogP contribution >= 0.6 is 0 Å². The maximum absolute atomic E-state index is 11.9. The van der Waals surface area contributed by atoms with Gasteiger partial charge >= 0.3 is 5.97 Å². The zero-order valence-electron chi connectivity index (χ0n) is 12.1. The van der Waals surface area contributed by atoms with Crippen LogP contribution in [0.3, 0.4) is 0 Å². The molecule has 0 aliphatic heterocycles. The highest BCUT2D eigenvalue weighted by Gasteiger charge is 2.39. The molecule has 1 unspecified atom stereocenters. The van der Waals surface area contributed by atoms with Gasteiger partial charge in [-0.15, -0.1) is 0 Å². The number of aromatic nitrogens is 2. The van der Waals surface area contributed by atoms with Crippen LogP contribution in [-0.2, 0) is 23.7 Å². The van der Waals surface area contributed by atoms with Gasteiger partial charge in [0, 0.05) is 19.2 Å². The van der Waals surface area contributed by atoms with E-state index in [1.807, 2.05) is 57.3 Å². The molecule has 0 saturated carbocycles. The number of carboxylic acids is 1. The van der Waals surface area contributed by atoms with E-state index in [-0.39, 0.29) is 0 Å². The minimum atomic E-state index is -0.901. The van der Waals surface area contributed by atoms with Gasteiger partial charge in [-0.1, -0.05) is 37.3 Å². The molecular weight excluding hydrogens is 252 g/mol. The largest absolute Gasteiger partial charge is 0.481 e. The Morgan fingerprint density at radius 2 is 2.00 bits per heavy atom. The third-order valence-electron chi connectivity index (χ3n) is 3.92. The number of nitrogens with zero attached hydrogens (tertiary/aromatic N) is 2. The zero-order chi connectivity index (χ0) is 14.8. The highest BCUT2D eigenvalue weighted by Crippen LogP contribution is 2.32. The number of hydrogen-bond donors (Lipinski definition) is 1. The lowest BCUT2D eigenvalue weighted by Crippen LogP contribution is -2.38. The average Bonchev–Trinajstić information content (AvgIpc) is 2.74. The molecule has 1 N–H and O–H groups in total. The molecule has 1 atom stereocenters. The van der Waals surface area contributed by atoms with Crippen molar-refractivity contribution in [2.24, 2.45) is 7.05 Å². The normalized spacial score (nSPS) is 13.9. The molecule has 2 aromatic rings. The van der Waals surface area contributed by atoms with Gasteiger partial charge in [0.1, 0.15) is 0 Å². The van der Waals surface area contributed by atoms with Gasteiger partial charge in [-0.05, 0) is 25.0 Å². The molecule has 1 aromatic carbocycles. The molecule has 0 radical (unpaired) electrons. The zero-order valence-corrected chi connectivity index (χ0v) is 12.1. The summed E-state index contributed by atoms with van der Waals surface area (Å²) in [7, 11) is 1.86. The number of carbonyl (C=O) groups is 1. The molecule has 4 heteroatoms. The maximum atomic E-state index is 11.9. The van der Waals surface area contributed by atoms with Crippen molar-refractivity contribution in [3.8, 4) is 0 Å². The van der Waals surface area contributed by atoms with E-state index in [2.05, 4.69) is 5.10 Å². The van der Waals surface area contributed by atoms with E-state index in [0.717, 1.165) is 17.0 Å². The lowest BCUT2D eigenvalue weighted by Gasteiger charge is -2.28. The van der Waals surface area contributed by atoms with Crippen molar-refractivity contribution in [2.45, 2.75) is 32.1 Å². The summed E-state index contributed by atoms with van der Waals surface area (Å²) >= 11 is 0. The van der Waals surface area contributed by atoms with Crippen LogP contribution in [0.1, 0.15) is 30.3 Å². The molecule has 0 fully saturated rings. The second-order valence-corrected chi connectivity index (χ2v) is 5.18. The number of aryl methyl sites for hydroxylation is 2. The van der Waals surface area contributed by atoms with Crippen molar-refractivity contribution in [2.75, 3.05) is 0 Å². The highest BCUT2D eigenvalue weighted by atomic mass is 16.4. The highest BCUT2D eigenvalue weighted by molar-refractivity contribution is 5.81. The van der Waals surface area contributed by atoms with Gasteiger partial charge in [-0.3, -0.25) is 9.48 Å². The van der Waals surface area contributed by atoms with Crippen LogP contribution in [-0.4, -0.2) is 20.9 Å². The summed E-state index contributed by atoms with van der Waals surface area (Å²) in [6.45, 7) is 3.84. The maximum Gasteiger partial charge on any atom is 0.314 e. The standard InChI is InChI=1S/C16H20N2O2/c1-4-16(15(19)20,13-8-6-5-7-9-13)11-14-10-12(2)17-18(14)3/h5-10H,4,11H2,1-3H3,(H,19,20). The molecule has 4 nitrogen and oxygen atoms in total. The number of hydrogen-bond acceptors (Lipinski definition) is 2. The van der Waals surface area contributed by atoms with E-state index in [4.69, 9.17) is 0 Å². The molecule has 2 rings (SSSR count). The second kappa shape index (κ2) is 5.49. The molecule has 0 aliphatic rings. The summed E-state index contributed by atoms with van der Waals surface area (Å²) in [4.78, 5) is 11.9. The van der Waals surface area contributed by atoms with Crippen LogP contribution in [0, 0.1) is 6.92 Å². The SMILES string of the molecule is CCC(Cc1cc(C)nn1C)(C(=O)O)c1ccccc1. The van der Waals surface area contributed by atoms with Gasteiger partial charge < -0.3 is 5.11 Å². The first-order chi connectivity index (χ1) is 9.49. The predicted molar refractivity (Wildman–Crippen MR) is 77.7 cm³/mol. The molecule has 0 saturated heterocycles. The Hall–Kier alpha value is -2.10. The first-order valence-electron chi connectivity index (χ1n) is 6.78. The number of aliphatic carboxylic acids is 1. The third-order valence-corrected chi connectivity index (χ3v) is 3.92. The van der Waals surface area contributed by atoms with E-state index in [0.29, 0.717) is 12.8 Å². The summed E-state index contributed by atoms with van der Waals surface area (Å²) < 4.78 is 1.77. The van der Waals surface area contributed by atoms with Crippen molar-refractivity contribution >= 4 is 5.97 Å². The third kappa shape index (κ3) is 2.46. The van der Waals surface area contributed by atoms with Gasteiger partial charge in [0.05, 0.1) is 11.1 Å². The van der Waals surface area contributed by atoms with Crippen molar-refractivity contribution in [1.82, 2.24) is 9.78 Å². The summed E-state index contributed by atoms with van der Waals surface area (Å²) in [6.07, 6.45) is 0.983. The van der Waals surface area contributed by atoms with Gasteiger partial charge in [0.2, 0.25) is 0 Å². The smallest absolute Gasteiger partial charge is 0.314 e. The quantitative estimate of drug-likeness (QED) is 0.910. The Balaban J connectivity index is 2.48. The first kappa shape index (κ1) is 14.3. The van der Waals surface area contributed by atoms with Crippen LogP contribution in [0.25, 0.3) is 0 Å². The van der Waals surface area contributed by atoms with Crippen LogP contribution < -0.4 is 0 Å². The number of rotatable bonds is 5. The minimum absolute atomic E-state index is 0.445. The molecule has 1 heterocycles. The van der Waals surface area contributed by atoms with E-state index in [1.54, 1.807) is 4.68 Å². The Kier molecular flexibility index (Phi) is 3.93. The summed E-state index contributed by atoms with van der Waals surface area (Å²) in [6, 6.07) is 11.4. The number of benzene rings is 1. The van der Waals surface area contributed by atoms with Gasteiger partial charge in [0.15, 0.2) is 0 Å². The lowest BCUT2D eigenvalue weighted by atomic mass is 9.74. The molecule has 0 amide bonds. The molecule has 0 spiro atoms. The van der Waals surface area contributed by atoms with Gasteiger partial charge in [0.25, 0.3) is 0 Å². The second-order valence-electron chi connectivity index (χ2n) is 5.18. The summed E-state index contributed by atoms with van der Waals surface area (Å²) in [5.74, 6) is -0.787. The Morgan fingerprint density at radius 1 is 1.35 bits per heavy atom. The fourth-order valence-corrected chi connectivity index (χ4v) is 2.68. The van der Waals surface area contributed by atoms with Crippen LogP contribution in [0.2, 0.25) is 0 Å². The molecule has 0 aliphatic carbocycles. The fraction of sp³-hybridized carbons (Fsp3) is 0.375. The van der Waals surface area contributed by atoms with E-state index in [1.165, 1.54) is 0 Å². The van der Waals surface area contributed by atoms with Crippen molar-refractivity contribution < 1.29 is 9.90 Å². The fourth-order valence-electron chi connectivity index (χ4n) is 2.68. The van der Waals surface area contributed by atoms with Crippen molar-refractivity contribution in [1.29, 1.82) is 0 Å². The van der Waals surface area contributed by atoms with Crippen LogP contribution in [0.5, 0.6) is 0 Å². The van der Waals surface area contributed by atoms with E-state index in [9.17, 15) is 9.90 Å². The Bertz CT molecular complexity index is 604. The predicted octanol–water partition coefficient (Wildman–Crippen LogP) is 2.70. The Morgan fingerprint density at radius 3 is 2.45 bits per heavy atom. The van der Waals surface area contributed by atoms with Crippen molar-refractivity contribution in [3.05, 3.63) is 53.3 Å². The van der Waals surface area contributed by atoms with Gasteiger partial charge in [-0.25, -0.2) is 0 Å².